The molecule has 0 aromatic heterocycles. The van der Waals surface area contributed by atoms with E-state index in [0.717, 1.165) is 12.8 Å². The van der Waals surface area contributed by atoms with Crippen LogP contribution in [-0.2, 0) is 4.74 Å². The van der Waals surface area contributed by atoms with E-state index < -0.39 is 0 Å². The van der Waals surface area contributed by atoms with Crippen LogP contribution in [0.1, 0.15) is 97.3 Å². The molecule has 0 aliphatic heterocycles. The summed E-state index contributed by atoms with van der Waals surface area (Å²) < 4.78 is 5.28. The largest absolute Gasteiger partial charge is 0.382 e. The average Bonchev–Trinajstić information content (AvgIpc) is 2.51. The van der Waals surface area contributed by atoms with Gasteiger partial charge in [-0.2, -0.15) is 0 Å². The van der Waals surface area contributed by atoms with Gasteiger partial charge >= 0.3 is 0 Å². The second-order valence-electron chi connectivity index (χ2n) is 6.46. The molecule has 0 aliphatic carbocycles. The highest BCUT2D eigenvalue weighted by atomic mass is 16.5. The van der Waals surface area contributed by atoms with Crippen molar-refractivity contribution in [1.82, 2.24) is 5.43 Å². The molecule has 0 radical (unpaired) electrons. The Morgan fingerprint density at radius 1 is 0.810 bits per heavy atom. The minimum absolute atomic E-state index is 0.341. The van der Waals surface area contributed by atoms with Crippen LogP contribution in [0.3, 0.4) is 0 Å². The van der Waals surface area contributed by atoms with Gasteiger partial charge in [-0.05, 0) is 26.2 Å². The van der Waals surface area contributed by atoms with Gasteiger partial charge in [-0.25, -0.2) is 0 Å². The summed E-state index contributed by atoms with van der Waals surface area (Å²) >= 11 is 0. The summed E-state index contributed by atoms with van der Waals surface area (Å²) in [5.74, 6) is 5.63. The Morgan fingerprint density at radius 3 is 1.81 bits per heavy atom. The van der Waals surface area contributed by atoms with Gasteiger partial charge in [0.15, 0.2) is 0 Å². The van der Waals surface area contributed by atoms with E-state index in [0.29, 0.717) is 12.1 Å². The summed E-state index contributed by atoms with van der Waals surface area (Å²) in [6.07, 6.45) is 17.7. The molecule has 3 heteroatoms. The van der Waals surface area contributed by atoms with Crippen LogP contribution in [0.25, 0.3) is 0 Å². The van der Waals surface area contributed by atoms with Crippen LogP contribution in [0.5, 0.6) is 0 Å². The highest BCUT2D eigenvalue weighted by Crippen LogP contribution is 2.14. The molecule has 2 unspecified atom stereocenters. The van der Waals surface area contributed by atoms with Crippen molar-refractivity contribution < 1.29 is 4.74 Å². The van der Waals surface area contributed by atoms with E-state index >= 15 is 0 Å². The first kappa shape index (κ1) is 20.9. The molecule has 0 saturated heterocycles. The minimum Gasteiger partial charge on any atom is -0.382 e. The number of methoxy groups -OCH3 is 1. The molecule has 21 heavy (non-hydrogen) atoms. The third kappa shape index (κ3) is 14.6. The normalized spacial score (nSPS) is 14.3. The summed E-state index contributed by atoms with van der Waals surface area (Å²) in [6.45, 7) is 4.40. The second kappa shape index (κ2) is 16.3. The molecule has 128 valence electrons. The third-order valence-corrected chi connectivity index (χ3v) is 4.47. The van der Waals surface area contributed by atoms with Crippen molar-refractivity contribution in [3.8, 4) is 0 Å². The van der Waals surface area contributed by atoms with E-state index in [1.54, 1.807) is 7.11 Å². The zero-order chi connectivity index (χ0) is 15.8. The summed E-state index contributed by atoms with van der Waals surface area (Å²) in [6, 6.07) is 0.455. The van der Waals surface area contributed by atoms with Crippen molar-refractivity contribution in [3.05, 3.63) is 0 Å². The Bertz CT molecular complexity index is 200. The fourth-order valence-corrected chi connectivity index (χ4v) is 2.74. The first-order valence-corrected chi connectivity index (χ1v) is 9.23. The van der Waals surface area contributed by atoms with Crippen LogP contribution in [0.2, 0.25) is 0 Å². The number of hydrogen-bond acceptors (Lipinski definition) is 3. The minimum atomic E-state index is 0.341. The monoisotopic (exact) mass is 300 g/mol. The maximum absolute atomic E-state index is 5.63. The molecular weight excluding hydrogens is 260 g/mol. The zero-order valence-electron chi connectivity index (χ0n) is 14.8. The molecule has 2 atom stereocenters. The second-order valence-corrected chi connectivity index (χ2v) is 6.46. The van der Waals surface area contributed by atoms with Crippen LogP contribution in [0.4, 0.5) is 0 Å². The number of nitrogens with one attached hydrogen (secondary N) is 1. The van der Waals surface area contributed by atoms with Crippen molar-refractivity contribution in [2.45, 2.75) is 109 Å². The molecule has 0 aliphatic rings. The van der Waals surface area contributed by atoms with Crippen LogP contribution in [-0.4, -0.2) is 19.3 Å². The molecule has 0 fully saturated rings. The SMILES string of the molecule is CCCCCCCCCCCCC(CCC(C)OC)NN. The van der Waals surface area contributed by atoms with Gasteiger partial charge < -0.3 is 4.74 Å². The smallest absolute Gasteiger partial charge is 0.0543 e. The lowest BCUT2D eigenvalue weighted by molar-refractivity contribution is 0.105. The summed E-state index contributed by atoms with van der Waals surface area (Å²) in [5.41, 5.74) is 2.96. The number of rotatable bonds is 16. The van der Waals surface area contributed by atoms with Crippen LogP contribution < -0.4 is 11.3 Å². The molecule has 0 aromatic carbocycles. The molecule has 0 spiro atoms. The number of nitrogens with two attached hydrogens (primary N) is 1. The Kier molecular flexibility index (Phi) is 16.2. The first-order chi connectivity index (χ1) is 10.2. The molecule has 3 N–H and O–H groups in total. The van der Waals surface area contributed by atoms with Crippen LogP contribution >= 0.6 is 0 Å². The number of hydrogen-bond donors (Lipinski definition) is 2. The first-order valence-electron chi connectivity index (χ1n) is 9.23. The predicted molar refractivity (Wildman–Crippen MR) is 93.3 cm³/mol. The number of hydrazine groups is 1. The zero-order valence-corrected chi connectivity index (χ0v) is 14.8. The van der Waals surface area contributed by atoms with Gasteiger partial charge in [0, 0.05) is 13.2 Å². The third-order valence-electron chi connectivity index (χ3n) is 4.47. The Morgan fingerprint density at radius 2 is 1.33 bits per heavy atom. The van der Waals surface area contributed by atoms with Gasteiger partial charge in [0.05, 0.1) is 6.10 Å². The highest BCUT2D eigenvalue weighted by molar-refractivity contribution is 4.66. The van der Waals surface area contributed by atoms with E-state index in [2.05, 4.69) is 19.3 Å². The van der Waals surface area contributed by atoms with Gasteiger partial charge in [-0.3, -0.25) is 11.3 Å². The lowest BCUT2D eigenvalue weighted by Gasteiger charge is -2.17. The Labute approximate surface area is 133 Å². The predicted octanol–water partition coefficient (Wildman–Crippen LogP) is 4.94. The maximum atomic E-state index is 5.63. The number of unbranched alkanes of at least 4 members (excludes halogenated alkanes) is 9. The Hall–Kier alpha value is -0.120. The fraction of sp³-hybridized carbons (Fsp3) is 1.00. The molecule has 0 rings (SSSR count). The van der Waals surface area contributed by atoms with Gasteiger partial charge in [0.2, 0.25) is 0 Å². The van der Waals surface area contributed by atoms with Crippen molar-refractivity contribution in [3.63, 3.8) is 0 Å². The van der Waals surface area contributed by atoms with Crippen molar-refractivity contribution in [2.24, 2.45) is 5.84 Å². The lowest BCUT2D eigenvalue weighted by Crippen LogP contribution is -2.35. The summed E-state index contributed by atoms with van der Waals surface area (Å²) in [7, 11) is 1.78. The van der Waals surface area contributed by atoms with E-state index in [1.807, 2.05) is 0 Å². The molecule has 0 saturated carbocycles. The standard InChI is InChI=1S/C18H40N2O/c1-4-5-6-7-8-9-10-11-12-13-14-18(20-19)16-15-17(2)21-3/h17-18,20H,4-16,19H2,1-3H3. The van der Waals surface area contributed by atoms with Gasteiger partial charge in [-0.1, -0.05) is 71.1 Å². The van der Waals surface area contributed by atoms with E-state index in [4.69, 9.17) is 10.6 Å². The maximum Gasteiger partial charge on any atom is 0.0543 e. The van der Waals surface area contributed by atoms with Crippen LogP contribution in [0.15, 0.2) is 0 Å². The van der Waals surface area contributed by atoms with E-state index in [-0.39, 0.29) is 0 Å². The fourth-order valence-electron chi connectivity index (χ4n) is 2.74. The molecule has 0 heterocycles. The topological polar surface area (TPSA) is 47.3 Å². The van der Waals surface area contributed by atoms with Gasteiger partial charge in [0.25, 0.3) is 0 Å². The van der Waals surface area contributed by atoms with E-state index in [1.165, 1.54) is 70.6 Å². The van der Waals surface area contributed by atoms with Crippen molar-refractivity contribution in [2.75, 3.05) is 7.11 Å². The quantitative estimate of drug-likeness (QED) is 0.241. The van der Waals surface area contributed by atoms with E-state index in [9.17, 15) is 0 Å². The summed E-state index contributed by atoms with van der Waals surface area (Å²) in [5, 5.41) is 0. The molecule has 0 amide bonds. The Balaban J connectivity index is 3.31. The molecular formula is C18H40N2O. The van der Waals surface area contributed by atoms with Crippen molar-refractivity contribution >= 4 is 0 Å². The molecule has 3 nitrogen and oxygen atoms in total. The lowest BCUT2D eigenvalue weighted by atomic mass is 10.0. The van der Waals surface area contributed by atoms with Crippen molar-refractivity contribution in [1.29, 1.82) is 0 Å². The molecule has 0 aromatic rings. The average molecular weight is 301 g/mol. The highest BCUT2D eigenvalue weighted by Gasteiger charge is 2.08. The van der Waals surface area contributed by atoms with Gasteiger partial charge in [-0.15, -0.1) is 0 Å². The van der Waals surface area contributed by atoms with Crippen LogP contribution in [0, 0.1) is 0 Å². The summed E-state index contributed by atoms with van der Waals surface area (Å²) in [4.78, 5) is 0. The van der Waals surface area contributed by atoms with Gasteiger partial charge in [0.1, 0.15) is 0 Å². The number of ether oxygens (including phenoxy) is 1. The molecule has 0 bridgehead atoms.